The summed E-state index contributed by atoms with van der Waals surface area (Å²) in [5, 5.41) is 21.6. The molecule has 1 N–H and O–H groups in total. The van der Waals surface area contributed by atoms with E-state index in [0.717, 1.165) is 16.1 Å². The molecule has 0 radical (unpaired) electrons. The Morgan fingerprint density at radius 1 is 1.04 bits per heavy atom. The third kappa shape index (κ3) is 2.79. The molecule has 132 valence electrons. The topological polar surface area (TPSA) is 71.8 Å². The molecule has 0 saturated carbocycles. The number of halogens is 2. The number of nitrogens with zero attached hydrogens (tertiary/aromatic N) is 5. The van der Waals surface area contributed by atoms with E-state index in [0.29, 0.717) is 27.2 Å². The van der Waals surface area contributed by atoms with Gasteiger partial charge in [0.2, 0.25) is 10.8 Å². The summed E-state index contributed by atoms with van der Waals surface area (Å²) < 4.78 is 14.8. The lowest BCUT2D eigenvalue weighted by Crippen LogP contribution is -1.91. The highest BCUT2D eigenvalue weighted by Gasteiger charge is 2.17. The predicted octanol–water partition coefficient (Wildman–Crippen LogP) is 4.70. The van der Waals surface area contributed by atoms with Crippen LogP contribution in [0.4, 0.5) is 4.39 Å². The summed E-state index contributed by atoms with van der Waals surface area (Å²) in [5.41, 5.74) is 2.99. The van der Waals surface area contributed by atoms with Crippen LogP contribution in [0.2, 0.25) is 5.02 Å². The maximum Gasteiger partial charge on any atom is 0.235 e. The van der Waals surface area contributed by atoms with Gasteiger partial charge in [0.25, 0.3) is 0 Å². The van der Waals surface area contributed by atoms with Gasteiger partial charge in [0.15, 0.2) is 0 Å². The zero-order valence-electron chi connectivity index (χ0n) is 13.6. The Balaban J connectivity index is 1.56. The van der Waals surface area contributed by atoms with Crippen molar-refractivity contribution in [3.05, 3.63) is 65.4 Å². The summed E-state index contributed by atoms with van der Waals surface area (Å²) in [6.07, 6.45) is 0. The first-order valence-corrected chi connectivity index (χ1v) is 9.17. The number of benzene rings is 2. The minimum atomic E-state index is -0.289. The molecule has 0 fully saturated rings. The third-order valence-corrected chi connectivity index (χ3v) is 5.32. The molecule has 0 aliphatic rings. The summed E-state index contributed by atoms with van der Waals surface area (Å²) in [6, 6.07) is 15.5. The molecule has 0 atom stereocenters. The standard InChI is InChI=1S/C18H10ClFN6S/c19-13-4-2-1-3-12(13)17-25-26-16(23-24-18(26)27-17)15-9-14(21-22-15)10-5-7-11(20)8-6-10/h1-9H,(H,21,22). The summed E-state index contributed by atoms with van der Waals surface area (Å²) in [7, 11) is 0. The van der Waals surface area contributed by atoms with E-state index in [4.69, 9.17) is 11.6 Å². The second-order valence-electron chi connectivity index (χ2n) is 5.78. The van der Waals surface area contributed by atoms with Crippen LogP contribution in [0, 0.1) is 5.82 Å². The number of aromatic nitrogens is 6. The van der Waals surface area contributed by atoms with Crippen LogP contribution in [0.3, 0.4) is 0 Å². The van der Waals surface area contributed by atoms with Crippen molar-refractivity contribution >= 4 is 27.9 Å². The maximum atomic E-state index is 13.1. The number of rotatable bonds is 3. The molecule has 2 aromatic carbocycles. The number of nitrogens with one attached hydrogen (secondary N) is 1. The average molecular weight is 397 g/mol. The van der Waals surface area contributed by atoms with E-state index in [2.05, 4.69) is 25.5 Å². The highest BCUT2D eigenvalue weighted by molar-refractivity contribution is 7.19. The molecule has 27 heavy (non-hydrogen) atoms. The average Bonchev–Trinajstić information content (AvgIpc) is 3.38. The molecule has 0 aliphatic carbocycles. The van der Waals surface area contributed by atoms with Gasteiger partial charge in [-0.3, -0.25) is 5.10 Å². The number of hydrogen-bond donors (Lipinski definition) is 1. The second-order valence-corrected chi connectivity index (χ2v) is 7.14. The first-order chi connectivity index (χ1) is 13.2. The van der Waals surface area contributed by atoms with Crippen LogP contribution < -0.4 is 0 Å². The minimum Gasteiger partial charge on any atom is -0.274 e. The molecule has 6 nitrogen and oxygen atoms in total. The molecular formula is C18H10ClFN6S. The van der Waals surface area contributed by atoms with Crippen molar-refractivity contribution in [3.8, 4) is 33.3 Å². The van der Waals surface area contributed by atoms with Gasteiger partial charge >= 0.3 is 0 Å². The number of fused-ring (bicyclic) bond motifs is 1. The van der Waals surface area contributed by atoms with Gasteiger partial charge in [-0.2, -0.15) is 14.7 Å². The fourth-order valence-electron chi connectivity index (χ4n) is 2.73. The fourth-order valence-corrected chi connectivity index (χ4v) is 3.89. The summed E-state index contributed by atoms with van der Waals surface area (Å²) in [5.74, 6) is 0.253. The molecule has 5 rings (SSSR count). The van der Waals surface area contributed by atoms with E-state index >= 15 is 0 Å². The highest BCUT2D eigenvalue weighted by atomic mass is 35.5. The maximum absolute atomic E-state index is 13.1. The fraction of sp³-hybridized carbons (Fsp3) is 0. The molecular weight excluding hydrogens is 387 g/mol. The zero-order valence-corrected chi connectivity index (χ0v) is 15.2. The van der Waals surface area contributed by atoms with Gasteiger partial charge in [0, 0.05) is 11.1 Å². The Labute approximate surface area is 161 Å². The molecule has 3 heterocycles. The van der Waals surface area contributed by atoms with Crippen LogP contribution in [0.5, 0.6) is 0 Å². The lowest BCUT2D eigenvalue weighted by molar-refractivity contribution is 0.628. The number of aromatic amines is 1. The van der Waals surface area contributed by atoms with Gasteiger partial charge in [-0.15, -0.1) is 10.2 Å². The van der Waals surface area contributed by atoms with Crippen molar-refractivity contribution in [2.75, 3.05) is 0 Å². The lowest BCUT2D eigenvalue weighted by atomic mass is 10.1. The largest absolute Gasteiger partial charge is 0.274 e. The van der Waals surface area contributed by atoms with Crippen LogP contribution in [0.1, 0.15) is 0 Å². The Morgan fingerprint density at radius 2 is 1.85 bits per heavy atom. The van der Waals surface area contributed by atoms with Gasteiger partial charge < -0.3 is 0 Å². The molecule has 0 bridgehead atoms. The van der Waals surface area contributed by atoms with Crippen LogP contribution in [0.15, 0.2) is 54.6 Å². The second kappa shape index (κ2) is 6.26. The van der Waals surface area contributed by atoms with Crippen molar-refractivity contribution in [2.24, 2.45) is 0 Å². The van der Waals surface area contributed by atoms with E-state index in [1.807, 2.05) is 30.3 Å². The third-order valence-electron chi connectivity index (χ3n) is 4.05. The molecule has 0 amide bonds. The summed E-state index contributed by atoms with van der Waals surface area (Å²) in [4.78, 5) is 0.651. The quantitative estimate of drug-likeness (QED) is 0.479. The Kier molecular flexibility index (Phi) is 3.73. The van der Waals surface area contributed by atoms with Crippen LogP contribution in [0.25, 0.3) is 38.3 Å². The van der Waals surface area contributed by atoms with Crippen LogP contribution in [-0.4, -0.2) is 30.0 Å². The monoisotopic (exact) mass is 396 g/mol. The Hall–Kier alpha value is -3.10. The first kappa shape index (κ1) is 16.1. The van der Waals surface area contributed by atoms with E-state index in [1.165, 1.54) is 23.5 Å². The lowest BCUT2D eigenvalue weighted by Gasteiger charge is -1.97. The molecule has 0 saturated heterocycles. The van der Waals surface area contributed by atoms with Gasteiger partial charge in [-0.05, 0) is 36.4 Å². The van der Waals surface area contributed by atoms with E-state index in [1.54, 1.807) is 16.6 Å². The molecule has 0 unspecified atom stereocenters. The van der Waals surface area contributed by atoms with Gasteiger partial charge in [-0.25, -0.2) is 4.39 Å². The SMILES string of the molecule is Fc1ccc(-c2cc(-c3nnc4sc(-c5ccccc5Cl)nn34)[nH]n2)cc1. The molecule has 9 heteroatoms. The van der Waals surface area contributed by atoms with Crippen molar-refractivity contribution in [1.82, 2.24) is 30.0 Å². The number of H-pyrrole nitrogens is 1. The summed E-state index contributed by atoms with van der Waals surface area (Å²) in [6.45, 7) is 0. The van der Waals surface area contributed by atoms with Crippen molar-refractivity contribution in [3.63, 3.8) is 0 Å². The minimum absolute atomic E-state index is 0.289. The summed E-state index contributed by atoms with van der Waals surface area (Å²) >= 11 is 7.67. The van der Waals surface area contributed by atoms with Gasteiger partial charge in [-0.1, -0.05) is 41.1 Å². The van der Waals surface area contributed by atoms with Crippen molar-refractivity contribution in [1.29, 1.82) is 0 Å². The van der Waals surface area contributed by atoms with Gasteiger partial charge in [0.1, 0.15) is 16.5 Å². The van der Waals surface area contributed by atoms with Crippen molar-refractivity contribution in [2.45, 2.75) is 0 Å². The van der Waals surface area contributed by atoms with Gasteiger partial charge in [0.05, 0.1) is 10.7 Å². The molecule has 5 aromatic rings. The van der Waals surface area contributed by atoms with E-state index in [9.17, 15) is 4.39 Å². The first-order valence-electron chi connectivity index (χ1n) is 7.98. The smallest absolute Gasteiger partial charge is 0.235 e. The predicted molar refractivity (Wildman–Crippen MR) is 102 cm³/mol. The molecule has 0 spiro atoms. The normalized spacial score (nSPS) is 11.3. The Bertz CT molecular complexity index is 1260. The Morgan fingerprint density at radius 3 is 2.67 bits per heavy atom. The number of hydrogen-bond acceptors (Lipinski definition) is 5. The molecule has 3 aromatic heterocycles. The zero-order chi connectivity index (χ0) is 18.4. The molecule has 0 aliphatic heterocycles. The van der Waals surface area contributed by atoms with E-state index in [-0.39, 0.29) is 5.82 Å². The van der Waals surface area contributed by atoms with Crippen LogP contribution in [-0.2, 0) is 0 Å². The van der Waals surface area contributed by atoms with Crippen LogP contribution >= 0.6 is 22.9 Å². The highest BCUT2D eigenvalue weighted by Crippen LogP contribution is 2.32. The van der Waals surface area contributed by atoms with Crippen molar-refractivity contribution < 1.29 is 4.39 Å². The van der Waals surface area contributed by atoms with E-state index < -0.39 is 0 Å².